The van der Waals surface area contributed by atoms with Crippen molar-refractivity contribution in [2.75, 3.05) is 17.7 Å². The second-order valence-electron chi connectivity index (χ2n) is 4.30. The fourth-order valence-electron chi connectivity index (χ4n) is 2.17. The number of nitrogens with zero attached hydrogens (tertiary/aromatic N) is 3. The largest absolute Gasteiger partial charge is 0.480 e. The van der Waals surface area contributed by atoms with Crippen LogP contribution in [0.3, 0.4) is 0 Å². The lowest BCUT2D eigenvalue weighted by molar-refractivity contribution is 0.395. The topological polar surface area (TPSA) is 64.3 Å². The average Bonchev–Trinajstić information content (AvgIpc) is 2.81. The lowest BCUT2D eigenvalue weighted by atomic mass is 10.1. The third-order valence-electron chi connectivity index (χ3n) is 3.09. The van der Waals surface area contributed by atoms with Crippen LogP contribution >= 0.6 is 0 Å². The molecule has 1 aromatic carbocycles. The van der Waals surface area contributed by atoms with Gasteiger partial charge >= 0.3 is 0 Å². The first-order valence-electron chi connectivity index (χ1n) is 5.74. The van der Waals surface area contributed by atoms with Crippen LogP contribution in [0.2, 0.25) is 0 Å². The number of fused-ring (bicyclic) bond motifs is 1. The summed E-state index contributed by atoms with van der Waals surface area (Å²) in [5, 5.41) is 0. The molecule has 0 bridgehead atoms. The summed E-state index contributed by atoms with van der Waals surface area (Å²) in [6.45, 7) is 1.64. The highest BCUT2D eigenvalue weighted by atomic mass is 16.5. The number of ether oxygens (including phenoxy) is 1. The number of aromatic nitrogens is 2. The van der Waals surface area contributed by atoms with Crippen molar-refractivity contribution < 1.29 is 4.74 Å². The first kappa shape index (κ1) is 10.8. The smallest absolute Gasteiger partial charge is 0.233 e. The number of hydrogen-bond acceptors (Lipinski definition) is 5. The van der Waals surface area contributed by atoms with Crippen molar-refractivity contribution in [1.29, 1.82) is 0 Å². The highest BCUT2D eigenvalue weighted by Gasteiger charge is 2.20. The summed E-state index contributed by atoms with van der Waals surface area (Å²) < 4.78 is 5.09. The Bertz CT molecular complexity index is 585. The summed E-state index contributed by atoms with van der Waals surface area (Å²) in [4.78, 5) is 10.7. The predicted molar refractivity (Wildman–Crippen MR) is 69.3 cm³/mol. The normalized spacial score (nSPS) is 13.5. The van der Waals surface area contributed by atoms with Gasteiger partial charge in [0.05, 0.1) is 19.5 Å². The molecule has 0 saturated carbocycles. The molecule has 18 heavy (non-hydrogen) atoms. The van der Waals surface area contributed by atoms with E-state index in [1.165, 1.54) is 11.1 Å². The van der Waals surface area contributed by atoms with Gasteiger partial charge in [-0.05, 0) is 23.3 Å². The highest BCUT2D eigenvalue weighted by Crippen LogP contribution is 2.28. The third kappa shape index (κ3) is 1.84. The van der Waals surface area contributed by atoms with E-state index in [-0.39, 0.29) is 0 Å². The van der Waals surface area contributed by atoms with Gasteiger partial charge in [0, 0.05) is 18.8 Å². The van der Waals surface area contributed by atoms with Crippen molar-refractivity contribution in [1.82, 2.24) is 9.97 Å². The molecule has 0 fully saturated rings. The minimum atomic E-state index is 0.531. The van der Waals surface area contributed by atoms with E-state index in [1.54, 1.807) is 19.5 Å². The molecule has 0 atom stereocenters. The van der Waals surface area contributed by atoms with E-state index in [1.807, 2.05) is 12.1 Å². The Morgan fingerprint density at radius 1 is 1.22 bits per heavy atom. The van der Waals surface area contributed by atoms with Crippen LogP contribution in [0.15, 0.2) is 30.6 Å². The second kappa shape index (κ2) is 4.18. The molecule has 3 rings (SSSR count). The summed E-state index contributed by atoms with van der Waals surface area (Å²) in [7, 11) is 1.59. The molecule has 0 radical (unpaired) electrons. The SMILES string of the molecule is COc1cncc(N2Cc3ccc(N)cc3C2)n1. The molecule has 0 spiro atoms. The molecule has 5 nitrogen and oxygen atoms in total. The number of nitrogens with two attached hydrogens (primary N) is 1. The average molecular weight is 242 g/mol. The van der Waals surface area contributed by atoms with Crippen molar-refractivity contribution in [3.63, 3.8) is 0 Å². The zero-order chi connectivity index (χ0) is 12.5. The van der Waals surface area contributed by atoms with Gasteiger partial charge in [0.1, 0.15) is 0 Å². The van der Waals surface area contributed by atoms with E-state index in [0.29, 0.717) is 5.88 Å². The van der Waals surface area contributed by atoms with E-state index in [4.69, 9.17) is 10.5 Å². The molecule has 2 N–H and O–H groups in total. The molecule has 5 heteroatoms. The first-order valence-corrected chi connectivity index (χ1v) is 5.74. The van der Waals surface area contributed by atoms with Crippen LogP contribution in [-0.2, 0) is 13.1 Å². The van der Waals surface area contributed by atoms with Crippen molar-refractivity contribution in [3.05, 3.63) is 41.7 Å². The van der Waals surface area contributed by atoms with Gasteiger partial charge in [0.2, 0.25) is 5.88 Å². The molecule has 0 saturated heterocycles. The van der Waals surface area contributed by atoms with Crippen LogP contribution in [0.25, 0.3) is 0 Å². The van der Waals surface area contributed by atoms with Gasteiger partial charge in [-0.1, -0.05) is 6.07 Å². The minimum absolute atomic E-state index is 0.531. The predicted octanol–water partition coefficient (Wildman–Crippen LogP) is 1.59. The molecule has 0 amide bonds. The van der Waals surface area contributed by atoms with Gasteiger partial charge in [0.15, 0.2) is 5.82 Å². The number of hydrogen-bond donors (Lipinski definition) is 1. The van der Waals surface area contributed by atoms with Crippen LogP contribution in [-0.4, -0.2) is 17.1 Å². The van der Waals surface area contributed by atoms with E-state index < -0.39 is 0 Å². The Kier molecular flexibility index (Phi) is 2.51. The highest BCUT2D eigenvalue weighted by molar-refractivity contribution is 5.52. The monoisotopic (exact) mass is 242 g/mol. The Morgan fingerprint density at radius 2 is 2.06 bits per heavy atom. The van der Waals surface area contributed by atoms with Crippen molar-refractivity contribution in [2.45, 2.75) is 13.1 Å². The van der Waals surface area contributed by atoms with Gasteiger partial charge in [-0.25, -0.2) is 0 Å². The second-order valence-corrected chi connectivity index (χ2v) is 4.30. The summed E-state index contributed by atoms with van der Waals surface area (Å²) >= 11 is 0. The molecule has 1 aromatic heterocycles. The van der Waals surface area contributed by atoms with E-state index in [0.717, 1.165) is 24.6 Å². The van der Waals surface area contributed by atoms with Crippen molar-refractivity contribution in [3.8, 4) is 5.88 Å². The molecule has 2 aromatic rings. The minimum Gasteiger partial charge on any atom is -0.480 e. The van der Waals surface area contributed by atoms with E-state index in [2.05, 4.69) is 20.9 Å². The zero-order valence-electron chi connectivity index (χ0n) is 10.1. The summed E-state index contributed by atoms with van der Waals surface area (Å²) in [6.07, 6.45) is 3.35. The Hall–Kier alpha value is -2.30. The maximum atomic E-state index is 5.79. The molecular weight excluding hydrogens is 228 g/mol. The van der Waals surface area contributed by atoms with Gasteiger partial charge in [-0.15, -0.1) is 0 Å². The van der Waals surface area contributed by atoms with Crippen LogP contribution in [0.4, 0.5) is 11.5 Å². The molecule has 92 valence electrons. The number of anilines is 2. The number of methoxy groups -OCH3 is 1. The third-order valence-corrected chi connectivity index (χ3v) is 3.09. The molecule has 2 heterocycles. The van der Waals surface area contributed by atoms with Crippen molar-refractivity contribution in [2.24, 2.45) is 0 Å². The molecular formula is C13H14N4O. The first-order chi connectivity index (χ1) is 8.76. The Labute approximate surface area is 105 Å². The maximum Gasteiger partial charge on any atom is 0.233 e. The maximum absolute atomic E-state index is 5.79. The number of nitrogen functional groups attached to an aromatic ring is 1. The molecule has 0 aliphatic carbocycles. The van der Waals surface area contributed by atoms with Crippen LogP contribution in [0.5, 0.6) is 5.88 Å². The molecule has 1 aliphatic heterocycles. The zero-order valence-corrected chi connectivity index (χ0v) is 10.1. The molecule has 0 unspecified atom stereocenters. The lowest BCUT2D eigenvalue weighted by Crippen LogP contribution is -2.16. The Morgan fingerprint density at radius 3 is 2.89 bits per heavy atom. The summed E-state index contributed by atoms with van der Waals surface area (Å²) in [6, 6.07) is 6.01. The van der Waals surface area contributed by atoms with Crippen LogP contribution < -0.4 is 15.4 Å². The standard InChI is InChI=1S/C13H14N4O/c1-18-13-6-15-5-12(16-13)17-7-9-2-3-11(14)4-10(9)8-17/h2-6H,7-8,14H2,1H3. The van der Waals surface area contributed by atoms with Gasteiger partial charge in [-0.2, -0.15) is 4.98 Å². The van der Waals surface area contributed by atoms with Gasteiger partial charge in [0.25, 0.3) is 0 Å². The van der Waals surface area contributed by atoms with Crippen LogP contribution in [0, 0.1) is 0 Å². The fraction of sp³-hybridized carbons (Fsp3) is 0.231. The van der Waals surface area contributed by atoms with Crippen LogP contribution in [0.1, 0.15) is 11.1 Å². The van der Waals surface area contributed by atoms with E-state index in [9.17, 15) is 0 Å². The lowest BCUT2D eigenvalue weighted by Gasteiger charge is -2.16. The van der Waals surface area contributed by atoms with Crippen molar-refractivity contribution >= 4 is 11.5 Å². The van der Waals surface area contributed by atoms with Gasteiger partial charge in [-0.3, -0.25) is 4.98 Å². The number of benzene rings is 1. The van der Waals surface area contributed by atoms with E-state index >= 15 is 0 Å². The summed E-state index contributed by atoms with van der Waals surface area (Å²) in [5.41, 5.74) is 9.13. The molecule has 1 aliphatic rings. The quantitative estimate of drug-likeness (QED) is 0.810. The Balaban J connectivity index is 1.88. The fourth-order valence-corrected chi connectivity index (χ4v) is 2.17. The van der Waals surface area contributed by atoms with Gasteiger partial charge < -0.3 is 15.4 Å². The number of rotatable bonds is 2. The summed E-state index contributed by atoms with van der Waals surface area (Å²) in [5.74, 6) is 1.35.